The second-order valence-corrected chi connectivity index (χ2v) is 5.48. The fourth-order valence-corrected chi connectivity index (χ4v) is 2.57. The summed E-state index contributed by atoms with van der Waals surface area (Å²) >= 11 is 0. The maximum absolute atomic E-state index is 5.60. The Balaban J connectivity index is 1.70. The van der Waals surface area contributed by atoms with Crippen LogP contribution in [0, 0.1) is 0 Å². The van der Waals surface area contributed by atoms with Gasteiger partial charge in [0.05, 0.1) is 19.4 Å². The van der Waals surface area contributed by atoms with E-state index in [-0.39, 0.29) is 0 Å². The van der Waals surface area contributed by atoms with Gasteiger partial charge in [0.15, 0.2) is 0 Å². The molecule has 1 aliphatic carbocycles. The van der Waals surface area contributed by atoms with Crippen LogP contribution in [-0.4, -0.2) is 55.1 Å². The lowest BCUT2D eigenvalue weighted by atomic mass is 9.93. The average Bonchev–Trinajstić information content (AvgIpc) is 2.76. The first-order valence-electron chi connectivity index (χ1n) is 7.15. The average molecular weight is 266 g/mol. The third kappa shape index (κ3) is 4.03. The fourth-order valence-electron chi connectivity index (χ4n) is 2.57. The molecule has 5 heteroatoms. The van der Waals surface area contributed by atoms with Gasteiger partial charge < -0.3 is 15.0 Å². The molecule has 1 aliphatic rings. The number of ether oxygens (including phenoxy) is 1. The van der Waals surface area contributed by atoms with Crippen LogP contribution in [0.2, 0.25) is 0 Å². The van der Waals surface area contributed by atoms with Crippen molar-refractivity contribution in [3.8, 4) is 0 Å². The molecule has 19 heavy (non-hydrogen) atoms. The lowest BCUT2D eigenvalue weighted by molar-refractivity contribution is 0.117. The van der Waals surface area contributed by atoms with E-state index in [1.807, 2.05) is 17.9 Å². The number of hydrogen-bond acceptors (Lipinski definition) is 4. The number of likely N-dealkylation sites (N-methyl/N-ethyl adjacent to an activating group) is 1. The minimum absolute atomic E-state index is 0.454. The van der Waals surface area contributed by atoms with E-state index >= 15 is 0 Å². The second kappa shape index (κ2) is 7.03. The van der Waals surface area contributed by atoms with Crippen molar-refractivity contribution >= 4 is 0 Å². The summed E-state index contributed by atoms with van der Waals surface area (Å²) in [6, 6.07) is 0.454. The summed E-state index contributed by atoms with van der Waals surface area (Å²) in [5.74, 6) is 0. The molecule has 108 valence electrons. The highest BCUT2D eigenvalue weighted by Crippen LogP contribution is 2.28. The van der Waals surface area contributed by atoms with Crippen molar-refractivity contribution in [3.05, 3.63) is 17.5 Å². The standard InChI is InChI=1S/C14H26N4O/c1-17(2)8-10-19-9-7-15-13-5-4-6-14-12(13)11-16-18(14)3/h11,13,15H,4-10H2,1-3H3. The van der Waals surface area contributed by atoms with Gasteiger partial charge in [0.2, 0.25) is 0 Å². The van der Waals surface area contributed by atoms with E-state index in [1.165, 1.54) is 24.1 Å². The number of aromatic nitrogens is 2. The van der Waals surface area contributed by atoms with Crippen LogP contribution in [0.4, 0.5) is 0 Å². The van der Waals surface area contributed by atoms with Crippen LogP contribution in [-0.2, 0) is 18.2 Å². The predicted octanol–water partition coefficient (Wildman–Crippen LogP) is 0.965. The van der Waals surface area contributed by atoms with Crippen molar-refractivity contribution in [3.63, 3.8) is 0 Å². The third-order valence-electron chi connectivity index (χ3n) is 3.70. The lowest BCUT2D eigenvalue weighted by Gasteiger charge is -2.24. The zero-order valence-corrected chi connectivity index (χ0v) is 12.4. The molecule has 1 atom stereocenters. The number of nitrogens with one attached hydrogen (secondary N) is 1. The molecule has 1 aromatic heterocycles. The Labute approximate surface area is 115 Å². The van der Waals surface area contributed by atoms with Crippen LogP contribution in [0.5, 0.6) is 0 Å². The van der Waals surface area contributed by atoms with Crippen LogP contribution in [0.1, 0.15) is 30.1 Å². The second-order valence-electron chi connectivity index (χ2n) is 5.48. The first-order valence-corrected chi connectivity index (χ1v) is 7.15. The maximum Gasteiger partial charge on any atom is 0.0593 e. The molecule has 0 aliphatic heterocycles. The normalized spacial score (nSPS) is 18.8. The minimum atomic E-state index is 0.454. The van der Waals surface area contributed by atoms with Crippen molar-refractivity contribution in [2.45, 2.75) is 25.3 Å². The summed E-state index contributed by atoms with van der Waals surface area (Å²) in [5.41, 5.74) is 2.76. The van der Waals surface area contributed by atoms with Gasteiger partial charge >= 0.3 is 0 Å². The van der Waals surface area contributed by atoms with E-state index in [1.54, 1.807) is 0 Å². The molecule has 2 rings (SSSR count). The first-order chi connectivity index (χ1) is 9.18. The topological polar surface area (TPSA) is 42.3 Å². The zero-order chi connectivity index (χ0) is 13.7. The highest BCUT2D eigenvalue weighted by molar-refractivity contribution is 5.24. The zero-order valence-electron chi connectivity index (χ0n) is 12.4. The Morgan fingerprint density at radius 2 is 2.32 bits per heavy atom. The molecule has 5 nitrogen and oxygen atoms in total. The molecular formula is C14H26N4O. The Morgan fingerprint density at radius 3 is 3.11 bits per heavy atom. The van der Waals surface area contributed by atoms with E-state index in [2.05, 4.69) is 29.4 Å². The van der Waals surface area contributed by atoms with E-state index in [4.69, 9.17) is 4.74 Å². The number of nitrogens with zero attached hydrogens (tertiary/aromatic N) is 3. The van der Waals surface area contributed by atoms with Crippen LogP contribution >= 0.6 is 0 Å². The fraction of sp³-hybridized carbons (Fsp3) is 0.786. The molecule has 0 aromatic carbocycles. The Hall–Kier alpha value is -0.910. The van der Waals surface area contributed by atoms with Gasteiger partial charge in [-0.05, 0) is 33.4 Å². The van der Waals surface area contributed by atoms with Crippen LogP contribution in [0.3, 0.4) is 0 Å². The van der Waals surface area contributed by atoms with Gasteiger partial charge in [0.1, 0.15) is 0 Å². The maximum atomic E-state index is 5.60. The van der Waals surface area contributed by atoms with Crippen LogP contribution in [0.25, 0.3) is 0 Å². The molecule has 1 unspecified atom stereocenters. The van der Waals surface area contributed by atoms with E-state index in [0.29, 0.717) is 6.04 Å². The van der Waals surface area contributed by atoms with E-state index in [9.17, 15) is 0 Å². The molecule has 1 heterocycles. The van der Waals surface area contributed by atoms with Gasteiger partial charge in [0.25, 0.3) is 0 Å². The quantitative estimate of drug-likeness (QED) is 0.747. The summed E-state index contributed by atoms with van der Waals surface area (Å²) in [6.07, 6.45) is 5.62. The minimum Gasteiger partial charge on any atom is -0.379 e. The molecule has 0 radical (unpaired) electrons. The summed E-state index contributed by atoms with van der Waals surface area (Å²) in [6.45, 7) is 3.47. The predicted molar refractivity (Wildman–Crippen MR) is 76.3 cm³/mol. The summed E-state index contributed by atoms with van der Waals surface area (Å²) in [4.78, 5) is 2.14. The SMILES string of the molecule is CN(C)CCOCCNC1CCCc2c1cnn2C. The Morgan fingerprint density at radius 1 is 1.47 bits per heavy atom. The highest BCUT2D eigenvalue weighted by atomic mass is 16.5. The van der Waals surface area contributed by atoms with Crippen molar-refractivity contribution < 1.29 is 4.74 Å². The van der Waals surface area contributed by atoms with Gasteiger partial charge in [0, 0.05) is 37.4 Å². The highest BCUT2D eigenvalue weighted by Gasteiger charge is 2.22. The molecule has 0 saturated heterocycles. The molecular weight excluding hydrogens is 240 g/mol. The molecule has 0 fully saturated rings. The molecule has 1 N–H and O–H groups in total. The van der Waals surface area contributed by atoms with Crippen molar-refractivity contribution in [1.29, 1.82) is 0 Å². The van der Waals surface area contributed by atoms with Gasteiger partial charge in [-0.2, -0.15) is 5.10 Å². The third-order valence-corrected chi connectivity index (χ3v) is 3.70. The Bertz CT molecular complexity index is 389. The summed E-state index contributed by atoms with van der Waals surface area (Å²) < 4.78 is 7.61. The van der Waals surface area contributed by atoms with Gasteiger partial charge in [-0.1, -0.05) is 0 Å². The number of aryl methyl sites for hydroxylation is 1. The first kappa shape index (κ1) is 14.5. The molecule has 1 aromatic rings. The smallest absolute Gasteiger partial charge is 0.0593 e. The number of fused-ring (bicyclic) bond motifs is 1. The van der Waals surface area contributed by atoms with Crippen LogP contribution in [0.15, 0.2) is 6.20 Å². The van der Waals surface area contributed by atoms with Crippen LogP contribution < -0.4 is 5.32 Å². The molecule has 0 saturated carbocycles. The molecule has 0 spiro atoms. The summed E-state index contributed by atoms with van der Waals surface area (Å²) in [5, 5.41) is 7.95. The Kier molecular flexibility index (Phi) is 5.36. The van der Waals surface area contributed by atoms with Crippen molar-refractivity contribution in [2.75, 3.05) is 40.4 Å². The van der Waals surface area contributed by atoms with Crippen molar-refractivity contribution in [1.82, 2.24) is 20.0 Å². The summed E-state index contributed by atoms with van der Waals surface area (Å²) in [7, 11) is 6.16. The number of hydrogen-bond donors (Lipinski definition) is 1. The number of rotatable bonds is 7. The van der Waals surface area contributed by atoms with Gasteiger partial charge in [-0.15, -0.1) is 0 Å². The van der Waals surface area contributed by atoms with E-state index in [0.717, 1.165) is 32.7 Å². The van der Waals surface area contributed by atoms with Gasteiger partial charge in [-0.25, -0.2) is 0 Å². The lowest BCUT2D eigenvalue weighted by Crippen LogP contribution is -2.29. The van der Waals surface area contributed by atoms with Crippen molar-refractivity contribution in [2.24, 2.45) is 7.05 Å². The largest absolute Gasteiger partial charge is 0.379 e. The van der Waals surface area contributed by atoms with E-state index < -0.39 is 0 Å². The monoisotopic (exact) mass is 266 g/mol. The van der Waals surface area contributed by atoms with Gasteiger partial charge in [-0.3, -0.25) is 4.68 Å². The molecule has 0 amide bonds. The molecule has 0 bridgehead atoms.